The molecule has 3 rings (SSSR count). The van der Waals surface area contributed by atoms with Gasteiger partial charge in [-0.2, -0.15) is 0 Å². The van der Waals surface area contributed by atoms with E-state index in [2.05, 4.69) is 4.57 Å². The highest BCUT2D eigenvalue weighted by molar-refractivity contribution is 5.94. The summed E-state index contributed by atoms with van der Waals surface area (Å²) in [5.41, 5.74) is 7.29. The topological polar surface area (TPSA) is 60.5 Å². The highest BCUT2D eigenvalue weighted by Gasteiger charge is 2.31. The monoisotopic (exact) mass is 277 g/mol. The van der Waals surface area contributed by atoms with E-state index in [0.29, 0.717) is 24.9 Å². The summed E-state index contributed by atoms with van der Waals surface area (Å²) in [5.74, 6) is 0.0954. The molecule has 2 N–H and O–H groups in total. The van der Waals surface area contributed by atoms with E-state index >= 15 is 0 Å². The summed E-state index contributed by atoms with van der Waals surface area (Å²) in [6.45, 7) is 4.22. The maximum atomic E-state index is 12.7. The predicted octanol–water partition coefficient (Wildman–Crippen LogP) is 2.05. The number of carbonyl (C=O) groups excluding carboxylic acids is 1. The number of likely N-dealkylation sites (tertiary alicyclic amines) is 1. The van der Waals surface area contributed by atoms with Crippen LogP contribution in [0, 0.1) is 0 Å². The van der Waals surface area contributed by atoms with Crippen molar-refractivity contribution in [2.24, 2.45) is 0 Å². The van der Waals surface area contributed by atoms with Gasteiger partial charge in [0, 0.05) is 31.9 Å². The Morgan fingerprint density at radius 3 is 2.95 bits per heavy atom. The van der Waals surface area contributed by atoms with Gasteiger partial charge in [-0.25, -0.2) is 0 Å². The van der Waals surface area contributed by atoms with Crippen LogP contribution in [0.25, 0.3) is 0 Å². The van der Waals surface area contributed by atoms with Crippen LogP contribution in [-0.4, -0.2) is 41.2 Å². The van der Waals surface area contributed by atoms with E-state index in [0.717, 1.165) is 37.9 Å². The molecular formula is C15H23N3O2. The van der Waals surface area contributed by atoms with Gasteiger partial charge in [-0.05, 0) is 38.7 Å². The van der Waals surface area contributed by atoms with Crippen LogP contribution in [-0.2, 0) is 4.74 Å². The predicted molar refractivity (Wildman–Crippen MR) is 77.7 cm³/mol. The molecule has 1 saturated carbocycles. The summed E-state index contributed by atoms with van der Waals surface area (Å²) in [5, 5.41) is 0. The number of carbonyl (C=O) groups is 1. The molecular weight excluding hydrogens is 254 g/mol. The molecule has 5 nitrogen and oxygen atoms in total. The summed E-state index contributed by atoms with van der Waals surface area (Å²) in [6.07, 6.45) is 6.43. The van der Waals surface area contributed by atoms with Crippen molar-refractivity contribution in [3.63, 3.8) is 0 Å². The van der Waals surface area contributed by atoms with E-state index in [1.807, 2.05) is 24.1 Å². The van der Waals surface area contributed by atoms with Gasteiger partial charge in [-0.3, -0.25) is 4.79 Å². The molecule has 0 aromatic carbocycles. The molecule has 1 unspecified atom stereocenters. The Bertz CT molecular complexity index is 491. The van der Waals surface area contributed by atoms with E-state index in [-0.39, 0.29) is 12.0 Å². The number of piperidine rings is 1. The van der Waals surface area contributed by atoms with E-state index in [9.17, 15) is 4.79 Å². The zero-order valence-corrected chi connectivity index (χ0v) is 12.0. The summed E-state index contributed by atoms with van der Waals surface area (Å²) in [4.78, 5) is 14.6. The van der Waals surface area contributed by atoms with E-state index in [1.165, 1.54) is 0 Å². The van der Waals surface area contributed by atoms with Crippen LogP contribution in [0.4, 0.5) is 5.69 Å². The minimum atomic E-state index is 0.0954. The zero-order valence-electron chi connectivity index (χ0n) is 12.0. The molecule has 110 valence electrons. The number of ether oxygens (including phenoxy) is 1. The Hall–Kier alpha value is -1.49. The van der Waals surface area contributed by atoms with Gasteiger partial charge in [-0.1, -0.05) is 0 Å². The summed E-state index contributed by atoms with van der Waals surface area (Å²) >= 11 is 0. The fourth-order valence-corrected chi connectivity index (χ4v) is 2.98. The van der Waals surface area contributed by atoms with Crippen molar-refractivity contribution >= 4 is 11.6 Å². The molecule has 20 heavy (non-hydrogen) atoms. The standard InChI is InChI=1S/C15H23N3O2/c1-2-20-13-4-3-7-17(10-13)15(19)14-8-11(16)9-18(14)12-5-6-12/h8-9,12-13H,2-7,10,16H2,1H3. The normalized spacial score (nSPS) is 23.1. The molecule has 1 aromatic rings. The zero-order chi connectivity index (χ0) is 14.1. The second kappa shape index (κ2) is 5.48. The van der Waals surface area contributed by atoms with E-state index < -0.39 is 0 Å². The number of hydrogen-bond donors (Lipinski definition) is 1. The minimum Gasteiger partial charge on any atom is -0.397 e. The van der Waals surface area contributed by atoms with Crippen molar-refractivity contribution in [3.05, 3.63) is 18.0 Å². The van der Waals surface area contributed by atoms with Gasteiger partial charge >= 0.3 is 0 Å². The fraction of sp³-hybridized carbons (Fsp3) is 0.667. The molecule has 0 radical (unpaired) electrons. The second-order valence-corrected chi connectivity index (χ2v) is 5.77. The Morgan fingerprint density at radius 2 is 2.25 bits per heavy atom. The SMILES string of the molecule is CCOC1CCCN(C(=O)c2cc(N)cn2C2CC2)C1. The Kier molecular flexibility index (Phi) is 3.70. The molecule has 1 aliphatic carbocycles. The van der Waals surface area contributed by atoms with Crippen molar-refractivity contribution in [2.45, 2.75) is 44.8 Å². The first-order valence-corrected chi connectivity index (χ1v) is 7.57. The Balaban J connectivity index is 1.74. The third-order valence-electron chi connectivity index (χ3n) is 4.10. The van der Waals surface area contributed by atoms with E-state index in [1.54, 1.807) is 0 Å². The maximum absolute atomic E-state index is 12.7. The lowest BCUT2D eigenvalue weighted by molar-refractivity contribution is 0.00686. The lowest BCUT2D eigenvalue weighted by Gasteiger charge is -2.32. The van der Waals surface area contributed by atoms with Gasteiger partial charge in [0.1, 0.15) is 5.69 Å². The van der Waals surface area contributed by atoms with Gasteiger partial charge in [0.2, 0.25) is 0 Å². The lowest BCUT2D eigenvalue weighted by atomic mass is 10.1. The summed E-state index contributed by atoms with van der Waals surface area (Å²) in [6, 6.07) is 2.28. The smallest absolute Gasteiger partial charge is 0.270 e. The molecule has 2 heterocycles. The number of nitrogens with two attached hydrogens (primary N) is 1. The van der Waals surface area contributed by atoms with Gasteiger partial charge in [0.15, 0.2) is 0 Å². The fourth-order valence-electron chi connectivity index (χ4n) is 2.98. The van der Waals surface area contributed by atoms with Crippen LogP contribution in [0.2, 0.25) is 0 Å². The van der Waals surface area contributed by atoms with Crippen LogP contribution in [0.5, 0.6) is 0 Å². The highest BCUT2D eigenvalue weighted by atomic mass is 16.5. The summed E-state index contributed by atoms with van der Waals surface area (Å²) in [7, 11) is 0. The van der Waals surface area contributed by atoms with Crippen LogP contribution >= 0.6 is 0 Å². The lowest BCUT2D eigenvalue weighted by Crippen LogP contribution is -2.43. The van der Waals surface area contributed by atoms with Gasteiger partial charge in [0.05, 0.1) is 11.8 Å². The molecule has 5 heteroatoms. The quantitative estimate of drug-likeness (QED) is 0.916. The number of anilines is 1. The average molecular weight is 277 g/mol. The van der Waals surface area contributed by atoms with Crippen LogP contribution in [0.3, 0.4) is 0 Å². The third kappa shape index (κ3) is 2.68. The molecule has 0 spiro atoms. The number of rotatable bonds is 4. The maximum Gasteiger partial charge on any atom is 0.270 e. The molecule has 1 atom stereocenters. The Morgan fingerprint density at radius 1 is 1.45 bits per heavy atom. The Labute approximate surface area is 119 Å². The number of hydrogen-bond acceptors (Lipinski definition) is 3. The first kappa shape index (κ1) is 13.5. The number of amides is 1. The molecule has 2 fully saturated rings. The molecule has 1 aromatic heterocycles. The average Bonchev–Trinajstić information content (AvgIpc) is 3.21. The first-order chi connectivity index (χ1) is 9.69. The highest BCUT2D eigenvalue weighted by Crippen LogP contribution is 2.37. The van der Waals surface area contributed by atoms with Crippen LogP contribution in [0.1, 0.15) is 49.1 Å². The van der Waals surface area contributed by atoms with Crippen molar-refractivity contribution < 1.29 is 9.53 Å². The van der Waals surface area contributed by atoms with Gasteiger partial charge in [-0.15, -0.1) is 0 Å². The van der Waals surface area contributed by atoms with Crippen LogP contribution < -0.4 is 5.73 Å². The number of nitrogen functional groups attached to an aromatic ring is 1. The summed E-state index contributed by atoms with van der Waals surface area (Å²) < 4.78 is 7.73. The van der Waals surface area contributed by atoms with Crippen molar-refractivity contribution in [1.29, 1.82) is 0 Å². The van der Waals surface area contributed by atoms with Gasteiger partial charge < -0.3 is 19.9 Å². The van der Waals surface area contributed by atoms with Gasteiger partial charge in [0.25, 0.3) is 5.91 Å². The number of nitrogens with zero attached hydrogens (tertiary/aromatic N) is 2. The van der Waals surface area contributed by atoms with E-state index in [4.69, 9.17) is 10.5 Å². The third-order valence-corrected chi connectivity index (χ3v) is 4.10. The molecule has 1 aliphatic heterocycles. The number of aromatic nitrogens is 1. The van der Waals surface area contributed by atoms with Crippen molar-refractivity contribution in [1.82, 2.24) is 9.47 Å². The molecule has 1 amide bonds. The first-order valence-electron chi connectivity index (χ1n) is 7.57. The molecule has 1 saturated heterocycles. The minimum absolute atomic E-state index is 0.0954. The van der Waals surface area contributed by atoms with Crippen molar-refractivity contribution in [2.75, 3.05) is 25.4 Å². The molecule has 2 aliphatic rings. The second-order valence-electron chi connectivity index (χ2n) is 5.77. The largest absolute Gasteiger partial charge is 0.397 e. The molecule has 0 bridgehead atoms. The van der Waals surface area contributed by atoms with Crippen LogP contribution in [0.15, 0.2) is 12.3 Å². The van der Waals surface area contributed by atoms with Crippen molar-refractivity contribution in [3.8, 4) is 0 Å².